The number of phenols is 1. The maximum atomic E-state index is 12.3. The molecule has 0 spiro atoms. The van der Waals surface area contributed by atoms with Gasteiger partial charge in [0, 0.05) is 5.56 Å². The summed E-state index contributed by atoms with van der Waals surface area (Å²) in [6.07, 6.45) is 6.24. The first-order valence-electron chi connectivity index (χ1n) is 9.26. The summed E-state index contributed by atoms with van der Waals surface area (Å²) in [5.41, 5.74) is 1.75. The zero-order valence-electron chi connectivity index (χ0n) is 15.4. The molecule has 1 N–H and O–H groups in total. The monoisotopic (exact) mass is 368 g/mol. The molecule has 5 nitrogen and oxygen atoms in total. The molecule has 1 fully saturated rings. The third-order valence-corrected chi connectivity index (χ3v) is 5.08. The van der Waals surface area contributed by atoms with Gasteiger partial charge in [-0.05, 0) is 36.5 Å². The molecular weight excluding hydrogens is 344 g/mol. The first kappa shape index (κ1) is 19.0. The Bertz CT molecular complexity index is 804. The summed E-state index contributed by atoms with van der Waals surface area (Å²) in [7, 11) is 1.39. The standard InChI is InChI=1S/C22H24O5/c1-26-20-9-5-8-18(21(20)24)22(25)27-14-19(23)17-12-10-16(11-13-17)15-6-3-2-4-7-15/h5,8-13,15,24H,2-4,6-7,14H2,1H3. The van der Waals surface area contributed by atoms with Gasteiger partial charge in [-0.2, -0.15) is 0 Å². The molecule has 1 saturated carbocycles. The molecule has 0 unspecified atom stereocenters. The van der Waals surface area contributed by atoms with Crippen molar-refractivity contribution in [3.63, 3.8) is 0 Å². The lowest BCUT2D eigenvalue weighted by Crippen LogP contribution is -2.14. The molecule has 1 aliphatic rings. The van der Waals surface area contributed by atoms with Gasteiger partial charge in [-0.3, -0.25) is 4.79 Å². The highest BCUT2D eigenvalue weighted by Gasteiger charge is 2.19. The number of hydrogen-bond acceptors (Lipinski definition) is 5. The molecule has 0 aliphatic heterocycles. The highest BCUT2D eigenvalue weighted by atomic mass is 16.5. The fourth-order valence-electron chi connectivity index (χ4n) is 3.52. The van der Waals surface area contributed by atoms with Crippen LogP contribution in [-0.2, 0) is 4.74 Å². The lowest BCUT2D eigenvalue weighted by atomic mass is 9.84. The Morgan fingerprint density at radius 3 is 2.41 bits per heavy atom. The summed E-state index contributed by atoms with van der Waals surface area (Å²) in [5, 5.41) is 9.99. The van der Waals surface area contributed by atoms with E-state index < -0.39 is 5.97 Å². The Balaban J connectivity index is 1.59. The van der Waals surface area contributed by atoms with Crippen molar-refractivity contribution in [2.24, 2.45) is 0 Å². The molecular formula is C22H24O5. The molecule has 142 valence electrons. The average Bonchev–Trinajstić information content (AvgIpc) is 2.72. The molecule has 0 radical (unpaired) electrons. The van der Waals surface area contributed by atoms with Crippen LogP contribution in [0.4, 0.5) is 0 Å². The number of para-hydroxylation sites is 1. The SMILES string of the molecule is COc1cccc(C(=O)OCC(=O)c2ccc(C3CCCCC3)cc2)c1O. The van der Waals surface area contributed by atoms with Crippen LogP contribution in [0, 0.1) is 0 Å². The van der Waals surface area contributed by atoms with Crippen molar-refractivity contribution in [3.05, 3.63) is 59.2 Å². The summed E-state index contributed by atoms with van der Waals surface area (Å²) in [6, 6.07) is 12.1. The summed E-state index contributed by atoms with van der Waals surface area (Å²) < 4.78 is 10.0. The van der Waals surface area contributed by atoms with Crippen molar-refractivity contribution in [1.29, 1.82) is 0 Å². The number of aromatic hydroxyl groups is 1. The van der Waals surface area contributed by atoms with Crippen LogP contribution in [0.15, 0.2) is 42.5 Å². The van der Waals surface area contributed by atoms with E-state index in [1.54, 1.807) is 18.2 Å². The zero-order chi connectivity index (χ0) is 19.2. The number of esters is 1. The van der Waals surface area contributed by atoms with E-state index in [0.29, 0.717) is 11.5 Å². The molecule has 0 amide bonds. The van der Waals surface area contributed by atoms with E-state index in [4.69, 9.17) is 9.47 Å². The van der Waals surface area contributed by atoms with E-state index >= 15 is 0 Å². The summed E-state index contributed by atoms with van der Waals surface area (Å²) in [5.74, 6) is -0.584. The van der Waals surface area contributed by atoms with E-state index in [1.807, 2.05) is 12.1 Å². The largest absolute Gasteiger partial charge is 0.504 e. The number of carbonyl (C=O) groups excluding carboxylic acids is 2. The van der Waals surface area contributed by atoms with Crippen LogP contribution in [0.1, 0.15) is 64.3 Å². The molecule has 0 bridgehead atoms. The highest BCUT2D eigenvalue weighted by molar-refractivity contribution is 6.00. The first-order valence-corrected chi connectivity index (χ1v) is 9.26. The van der Waals surface area contributed by atoms with E-state index in [-0.39, 0.29) is 29.5 Å². The van der Waals surface area contributed by atoms with Crippen molar-refractivity contribution in [2.45, 2.75) is 38.0 Å². The highest BCUT2D eigenvalue weighted by Crippen LogP contribution is 2.32. The average molecular weight is 368 g/mol. The van der Waals surface area contributed by atoms with E-state index in [2.05, 4.69) is 0 Å². The number of benzene rings is 2. The van der Waals surface area contributed by atoms with Gasteiger partial charge in [0.05, 0.1) is 7.11 Å². The quantitative estimate of drug-likeness (QED) is 0.601. The maximum Gasteiger partial charge on any atom is 0.342 e. The number of methoxy groups -OCH3 is 1. The lowest BCUT2D eigenvalue weighted by Gasteiger charge is -2.22. The van der Waals surface area contributed by atoms with E-state index in [9.17, 15) is 14.7 Å². The molecule has 0 aromatic heterocycles. The molecule has 2 aromatic rings. The second kappa shape index (κ2) is 8.71. The zero-order valence-corrected chi connectivity index (χ0v) is 15.4. The molecule has 5 heteroatoms. The molecule has 0 saturated heterocycles. The van der Waals surface area contributed by atoms with Gasteiger partial charge in [-0.1, -0.05) is 49.6 Å². The van der Waals surface area contributed by atoms with Crippen LogP contribution in [0.3, 0.4) is 0 Å². The minimum absolute atomic E-state index is 0.0326. The number of Topliss-reactive ketones (excluding diaryl/α,β-unsaturated/α-hetero) is 1. The van der Waals surface area contributed by atoms with Crippen molar-refractivity contribution in [3.8, 4) is 11.5 Å². The third-order valence-electron chi connectivity index (χ3n) is 5.08. The van der Waals surface area contributed by atoms with Crippen molar-refractivity contribution in [2.75, 3.05) is 13.7 Å². The minimum atomic E-state index is -0.765. The Hall–Kier alpha value is -2.82. The van der Waals surface area contributed by atoms with Gasteiger partial charge in [-0.15, -0.1) is 0 Å². The van der Waals surface area contributed by atoms with Crippen LogP contribution >= 0.6 is 0 Å². The summed E-state index contributed by atoms with van der Waals surface area (Å²) in [6.45, 7) is -0.377. The van der Waals surface area contributed by atoms with E-state index in [0.717, 1.165) is 0 Å². The van der Waals surface area contributed by atoms with Crippen LogP contribution < -0.4 is 4.74 Å². The van der Waals surface area contributed by atoms with Gasteiger partial charge in [0.15, 0.2) is 23.9 Å². The van der Waals surface area contributed by atoms with Gasteiger partial charge in [0.2, 0.25) is 0 Å². The molecule has 27 heavy (non-hydrogen) atoms. The van der Waals surface area contributed by atoms with Gasteiger partial charge in [-0.25, -0.2) is 4.79 Å². The number of hydrogen-bond donors (Lipinski definition) is 1. The minimum Gasteiger partial charge on any atom is -0.504 e. The van der Waals surface area contributed by atoms with Crippen LogP contribution in [-0.4, -0.2) is 30.6 Å². The summed E-state index contributed by atoms with van der Waals surface area (Å²) in [4.78, 5) is 24.5. The van der Waals surface area contributed by atoms with E-state index in [1.165, 1.54) is 56.9 Å². The second-order valence-corrected chi connectivity index (χ2v) is 6.81. The van der Waals surface area contributed by atoms with Gasteiger partial charge in [0.25, 0.3) is 0 Å². The number of ether oxygens (including phenoxy) is 2. The first-order chi connectivity index (χ1) is 13.1. The van der Waals surface area contributed by atoms with Crippen LogP contribution in [0.5, 0.6) is 11.5 Å². The second-order valence-electron chi connectivity index (χ2n) is 6.81. The predicted molar refractivity (Wildman–Crippen MR) is 102 cm³/mol. The Labute approximate surface area is 158 Å². The Morgan fingerprint density at radius 1 is 1.04 bits per heavy atom. The normalized spacial score (nSPS) is 14.6. The van der Waals surface area contributed by atoms with Crippen LogP contribution in [0.25, 0.3) is 0 Å². The lowest BCUT2D eigenvalue weighted by molar-refractivity contribution is 0.0471. The number of phenolic OH excluding ortho intramolecular Hbond substituents is 1. The topological polar surface area (TPSA) is 72.8 Å². The maximum absolute atomic E-state index is 12.3. The molecule has 0 heterocycles. The fraction of sp³-hybridized carbons (Fsp3) is 0.364. The summed E-state index contributed by atoms with van der Waals surface area (Å²) >= 11 is 0. The van der Waals surface area contributed by atoms with Gasteiger partial charge < -0.3 is 14.6 Å². The van der Waals surface area contributed by atoms with Gasteiger partial charge >= 0.3 is 5.97 Å². The molecule has 1 aliphatic carbocycles. The Kier molecular flexibility index (Phi) is 6.12. The number of ketones is 1. The van der Waals surface area contributed by atoms with Crippen LogP contribution in [0.2, 0.25) is 0 Å². The number of rotatable bonds is 6. The van der Waals surface area contributed by atoms with Gasteiger partial charge in [0.1, 0.15) is 5.56 Å². The smallest absolute Gasteiger partial charge is 0.342 e. The van der Waals surface area contributed by atoms with Crippen molar-refractivity contribution < 1.29 is 24.2 Å². The van der Waals surface area contributed by atoms with Crippen molar-refractivity contribution in [1.82, 2.24) is 0 Å². The molecule has 0 atom stereocenters. The predicted octanol–water partition coefficient (Wildman–Crippen LogP) is 4.49. The third kappa shape index (κ3) is 4.48. The number of carbonyl (C=O) groups is 2. The molecule has 2 aromatic carbocycles. The molecule has 3 rings (SSSR count). The Morgan fingerprint density at radius 2 is 1.74 bits per heavy atom. The van der Waals surface area contributed by atoms with Crippen molar-refractivity contribution >= 4 is 11.8 Å². The fourth-order valence-corrected chi connectivity index (χ4v) is 3.52.